The molecule has 3 N–H and O–H groups in total. The minimum Gasteiger partial charge on any atom is -0.391 e. The van der Waals surface area contributed by atoms with Crippen LogP contribution in [0.2, 0.25) is 0 Å². The van der Waals surface area contributed by atoms with E-state index in [4.69, 9.17) is 0 Å². The number of pyridine rings is 1. The number of aromatic nitrogens is 2. The third kappa shape index (κ3) is 6.74. The number of nitrogens with one attached hydrogen (secondary N) is 2. The Balaban J connectivity index is 1.76. The van der Waals surface area contributed by atoms with Crippen LogP contribution < -0.4 is 10.6 Å². The number of halogens is 7. The van der Waals surface area contributed by atoms with Crippen LogP contribution in [0.1, 0.15) is 78.2 Å². The molecule has 0 spiro atoms. The summed E-state index contributed by atoms with van der Waals surface area (Å²) in [4.78, 5) is 34.9. The Kier molecular flexibility index (Phi) is 8.83. The van der Waals surface area contributed by atoms with Gasteiger partial charge in [0.1, 0.15) is 17.6 Å². The average Bonchev–Trinajstić information content (AvgIpc) is 3.57. The Morgan fingerprint density at radius 3 is 2.51 bits per heavy atom. The summed E-state index contributed by atoms with van der Waals surface area (Å²) in [7, 11) is 0. The fraction of sp³-hybridized carbons (Fsp3) is 0.600. The van der Waals surface area contributed by atoms with Gasteiger partial charge in [0, 0.05) is 29.8 Å². The topological polar surface area (TPSA) is 107 Å². The van der Waals surface area contributed by atoms with Gasteiger partial charge in [0.25, 0.3) is 24.2 Å². The molecule has 2 aromatic heterocycles. The Bertz CT molecular complexity index is 1290. The smallest absolute Gasteiger partial charge is 0.391 e. The van der Waals surface area contributed by atoms with Crippen LogP contribution in [-0.4, -0.2) is 74.7 Å². The van der Waals surface area contributed by atoms with Crippen molar-refractivity contribution in [1.82, 2.24) is 20.2 Å². The van der Waals surface area contributed by atoms with Crippen LogP contribution in [0.25, 0.3) is 10.4 Å². The monoisotopic (exact) mass is 611 g/mol. The summed E-state index contributed by atoms with van der Waals surface area (Å²) < 4.78 is 96.3. The third-order valence-corrected chi connectivity index (χ3v) is 8.24. The van der Waals surface area contributed by atoms with E-state index < -0.39 is 91.0 Å². The van der Waals surface area contributed by atoms with Crippen LogP contribution >= 0.6 is 11.3 Å². The van der Waals surface area contributed by atoms with E-state index in [9.17, 15) is 45.4 Å². The maximum atomic E-state index is 14.2. The first kappa shape index (κ1) is 30.9. The number of aliphatic hydroxyl groups excluding tert-OH is 1. The van der Waals surface area contributed by atoms with Crippen molar-refractivity contribution in [1.29, 1.82) is 0 Å². The number of nitrogens with zero attached hydrogens (tertiary/aromatic N) is 3. The molecular weight excluding hydrogens is 583 g/mol. The molecule has 4 rings (SSSR count). The summed E-state index contributed by atoms with van der Waals surface area (Å²) in [6.45, 7) is 1.69. The molecule has 1 unspecified atom stereocenters. The van der Waals surface area contributed by atoms with Crippen molar-refractivity contribution in [3.8, 4) is 10.4 Å². The molecule has 2 aromatic rings. The molecule has 0 aromatic carbocycles. The number of carbonyl (C=O) groups is 2. The Hall–Kier alpha value is -3.01. The van der Waals surface area contributed by atoms with E-state index in [1.807, 2.05) is 0 Å². The van der Waals surface area contributed by atoms with E-state index in [-0.39, 0.29) is 15.4 Å². The largest absolute Gasteiger partial charge is 0.408 e. The van der Waals surface area contributed by atoms with E-state index in [1.165, 1.54) is 13.8 Å². The zero-order valence-corrected chi connectivity index (χ0v) is 22.8. The van der Waals surface area contributed by atoms with Crippen LogP contribution in [0.15, 0.2) is 12.3 Å². The Labute approximate surface area is 234 Å². The molecule has 4 atom stereocenters. The second kappa shape index (κ2) is 11.7. The third-order valence-electron chi connectivity index (χ3n) is 7.15. The van der Waals surface area contributed by atoms with Gasteiger partial charge in [-0.15, -0.1) is 11.3 Å². The number of aliphatic hydroxyl groups is 1. The summed E-state index contributed by atoms with van der Waals surface area (Å²) in [6.07, 6.45) is -7.36. The fourth-order valence-electron chi connectivity index (χ4n) is 5.02. The number of anilines is 1. The molecule has 1 aliphatic heterocycles. The highest BCUT2D eigenvalue weighted by atomic mass is 32.1. The molecule has 41 heavy (non-hydrogen) atoms. The van der Waals surface area contributed by atoms with Gasteiger partial charge >= 0.3 is 6.18 Å². The molecule has 0 bridgehead atoms. The highest BCUT2D eigenvalue weighted by Crippen LogP contribution is 2.40. The van der Waals surface area contributed by atoms with Gasteiger partial charge in [0.15, 0.2) is 5.01 Å². The molecule has 8 nitrogen and oxygen atoms in total. The van der Waals surface area contributed by atoms with Crippen LogP contribution in [0, 0.1) is 0 Å². The normalized spacial score (nSPS) is 23.2. The number of thiazole rings is 1. The Morgan fingerprint density at radius 1 is 1.27 bits per heavy atom. The number of hydrogen-bond acceptors (Lipinski definition) is 7. The van der Waals surface area contributed by atoms with Crippen LogP contribution in [0.5, 0.6) is 0 Å². The average molecular weight is 612 g/mol. The molecule has 2 amide bonds. The van der Waals surface area contributed by atoms with E-state index >= 15 is 0 Å². The lowest BCUT2D eigenvalue weighted by atomic mass is 10.1. The van der Waals surface area contributed by atoms with Crippen molar-refractivity contribution in [2.24, 2.45) is 0 Å². The Morgan fingerprint density at radius 2 is 1.98 bits per heavy atom. The van der Waals surface area contributed by atoms with Crippen molar-refractivity contribution in [3.05, 3.63) is 28.5 Å². The number of hydrogen-bond donors (Lipinski definition) is 3. The molecule has 2 fully saturated rings. The van der Waals surface area contributed by atoms with Gasteiger partial charge in [0.2, 0.25) is 0 Å². The second-order valence-electron chi connectivity index (χ2n) is 10.2. The minimum absolute atomic E-state index is 0.272. The molecule has 1 saturated heterocycles. The second-order valence-corrected chi connectivity index (χ2v) is 11.2. The van der Waals surface area contributed by atoms with Gasteiger partial charge in [-0.05, 0) is 38.7 Å². The van der Waals surface area contributed by atoms with Gasteiger partial charge in [0.05, 0.1) is 23.6 Å². The summed E-state index contributed by atoms with van der Waals surface area (Å²) in [5, 5.41) is 14.4. The summed E-state index contributed by atoms with van der Waals surface area (Å²) in [6, 6.07) is -2.88. The zero-order chi connectivity index (χ0) is 30.3. The van der Waals surface area contributed by atoms with Crippen molar-refractivity contribution in [2.45, 2.75) is 88.7 Å². The van der Waals surface area contributed by atoms with Crippen LogP contribution in [0.4, 0.5) is 36.6 Å². The van der Waals surface area contributed by atoms with Crippen LogP contribution in [0.3, 0.4) is 0 Å². The number of carbonyl (C=O) groups excluding carboxylic acids is 2. The molecular formula is C25H28F7N5O3S. The lowest BCUT2D eigenvalue weighted by molar-refractivity contribution is -0.142. The van der Waals surface area contributed by atoms with Crippen LogP contribution in [-0.2, 0) is 0 Å². The fourth-order valence-corrected chi connectivity index (χ4v) is 6.01. The van der Waals surface area contributed by atoms with E-state index in [1.54, 1.807) is 0 Å². The summed E-state index contributed by atoms with van der Waals surface area (Å²) in [5.74, 6) is -5.51. The SMILES string of the molecule is CCC(Nc1cc(C(F)F)c(-c2sc(C(=O)N[C@@H]3CCC[C@H]3O)nc2C(=O)N2CC(F)(F)C[C@@H]2C)cn1)C(F)(F)F. The molecule has 3 heterocycles. The van der Waals surface area contributed by atoms with Crippen molar-refractivity contribution in [2.75, 3.05) is 11.9 Å². The lowest BCUT2D eigenvalue weighted by Crippen LogP contribution is -2.40. The van der Waals surface area contributed by atoms with Crippen molar-refractivity contribution in [3.63, 3.8) is 0 Å². The highest BCUT2D eigenvalue weighted by Gasteiger charge is 2.46. The zero-order valence-electron chi connectivity index (χ0n) is 21.9. The predicted octanol–water partition coefficient (Wildman–Crippen LogP) is 5.41. The number of rotatable bonds is 8. The minimum atomic E-state index is -4.68. The van der Waals surface area contributed by atoms with E-state index in [0.29, 0.717) is 36.7 Å². The molecule has 1 saturated carbocycles. The van der Waals surface area contributed by atoms with Gasteiger partial charge in [-0.3, -0.25) is 9.59 Å². The molecule has 0 radical (unpaired) electrons. The van der Waals surface area contributed by atoms with Gasteiger partial charge in [-0.1, -0.05) is 6.92 Å². The maximum Gasteiger partial charge on any atom is 0.408 e. The van der Waals surface area contributed by atoms with Gasteiger partial charge in [-0.2, -0.15) is 13.2 Å². The van der Waals surface area contributed by atoms with Crippen molar-refractivity contribution < 1.29 is 45.4 Å². The van der Waals surface area contributed by atoms with E-state index in [2.05, 4.69) is 20.6 Å². The van der Waals surface area contributed by atoms with Gasteiger partial charge in [-0.25, -0.2) is 27.5 Å². The highest BCUT2D eigenvalue weighted by molar-refractivity contribution is 7.17. The van der Waals surface area contributed by atoms with Crippen molar-refractivity contribution >= 4 is 29.0 Å². The molecule has 1 aliphatic carbocycles. The molecule has 16 heteroatoms. The standard InChI is InChI=1S/C25H28F7N5O3S/c1-3-16(25(30,31)32)35-17-7-12(20(26)27)13(9-33-17)19-18(23(40)37-10-24(28,29)8-11(37)2)36-22(41-19)21(39)34-14-5-4-6-15(14)38/h7,9,11,14-16,20,38H,3-6,8,10H2,1-2H3,(H,33,35)(H,34,39)/t11-,14+,15+,16?/m0/s1. The lowest BCUT2D eigenvalue weighted by Gasteiger charge is -2.22. The molecule has 2 aliphatic rings. The van der Waals surface area contributed by atoms with Gasteiger partial charge < -0.3 is 20.6 Å². The predicted molar refractivity (Wildman–Crippen MR) is 135 cm³/mol. The first-order valence-electron chi connectivity index (χ1n) is 12.9. The number of alkyl halides is 7. The number of amides is 2. The summed E-state index contributed by atoms with van der Waals surface area (Å²) >= 11 is 0.540. The quantitative estimate of drug-likeness (QED) is 0.345. The first-order chi connectivity index (χ1) is 19.1. The number of likely N-dealkylation sites (tertiary alicyclic amines) is 1. The summed E-state index contributed by atoms with van der Waals surface area (Å²) in [5.41, 5.74) is -1.72. The maximum absolute atomic E-state index is 14.2. The molecule has 226 valence electrons. The first-order valence-corrected chi connectivity index (χ1v) is 13.7. The van der Waals surface area contributed by atoms with E-state index in [0.717, 1.165) is 11.1 Å².